The highest BCUT2D eigenvalue weighted by atomic mass is 32.2. The molecule has 0 fully saturated rings. The molecule has 11 heteroatoms. The van der Waals surface area contributed by atoms with Gasteiger partial charge in [0, 0.05) is 11.5 Å². The van der Waals surface area contributed by atoms with Gasteiger partial charge in [0.2, 0.25) is 0 Å². The van der Waals surface area contributed by atoms with Gasteiger partial charge in [0.25, 0.3) is 20.2 Å². The van der Waals surface area contributed by atoms with Crippen LogP contribution in [-0.2, 0) is 20.2 Å². The molecule has 0 aliphatic carbocycles. The lowest BCUT2D eigenvalue weighted by atomic mass is 10.0. The Balaban J connectivity index is 3.29. The number of phenolic OH excluding ortho intramolecular Hbond substituents is 1. The largest absolute Gasteiger partial charge is 0.507 e. The fourth-order valence-electron chi connectivity index (χ4n) is 1.94. The monoisotopic (exact) mass is 347 g/mol. The summed E-state index contributed by atoms with van der Waals surface area (Å²) in [5.41, 5.74) is -1.19. The van der Waals surface area contributed by atoms with Gasteiger partial charge >= 0.3 is 5.97 Å². The first kappa shape index (κ1) is 16.2. The molecule has 0 saturated carbocycles. The van der Waals surface area contributed by atoms with Crippen LogP contribution in [0.25, 0.3) is 10.8 Å². The highest BCUT2D eigenvalue weighted by Gasteiger charge is 2.33. The first-order valence-electron chi connectivity index (χ1n) is 5.34. The molecule has 2 aromatic rings. The standard InChI is InChI=1S/C11H7O9S2/c12-6-3-1-2-5-4-7(21(15,16)17)10(22(18,19)20)9(8(5)6)11(13)14/h1-3,12H,(H,13,14)(H,15,16,17)(H,18,19,20). The molecule has 9 nitrogen and oxygen atoms in total. The van der Waals surface area contributed by atoms with Crippen molar-refractivity contribution < 1.29 is 40.9 Å². The van der Waals surface area contributed by atoms with Crippen LogP contribution in [0.1, 0.15) is 10.4 Å². The topological polar surface area (TPSA) is 166 Å². The minimum Gasteiger partial charge on any atom is -0.507 e. The Hall–Kier alpha value is -2.21. The maximum absolute atomic E-state index is 11.4. The first-order valence-corrected chi connectivity index (χ1v) is 8.22. The molecule has 2 aromatic carbocycles. The van der Waals surface area contributed by atoms with Gasteiger partial charge in [-0.1, -0.05) is 12.1 Å². The number of fused-ring (bicyclic) bond motifs is 1. The number of aromatic carboxylic acids is 1. The van der Waals surface area contributed by atoms with Gasteiger partial charge in [-0.15, -0.1) is 0 Å². The van der Waals surface area contributed by atoms with Gasteiger partial charge in [-0.05, 0) is 11.5 Å². The molecule has 0 spiro atoms. The van der Waals surface area contributed by atoms with Crippen molar-refractivity contribution in [3.05, 3.63) is 29.8 Å². The summed E-state index contributed by atoms with van der Waals surface area (Å²) in [6.45, 7) is 0. The molecule has 0 bridgehead atoms. The second-order valence-electron chi connectivity index (χ2n) is 4.11. The van der Waals surface area contributed by atoms with Crippen LogP contribution in [0.5, 0.6) is 5.75 Å². The third-order valence-corrected chi connectivity index (χ3v) is 4.58. The predicted octanol–water partition coefficient (Wildman–Crippen LogP) is 0.537. The molecule has 0 unspecified atom stereocenters. The number of carboxylic acid groups (broad SMARTS) is 1. The summed E-state index contributed by atoms with van der Waals surface area (Å²) in [5, 5.41) is 18.1. The molecule has 0 aliphatic heterocycles. The Morgan fingerprint density at radius 1 is 1.05 bits per heavy atom. The van der Waals surface area contributed by atoms with Crippen LogP contribution in [0.15, 0.2) is 28.0 Å². The summed E-state index contributed by atoms with van der Waals surface area (Å²) < 4.78 is 63.6. The van der Waals surface area contributed by atoms with Crippen molar-refractivity contribution in [3.8, 4) is 5.75 Å². The van der Waals surface area contributed by atoms with E-state index in [0.29, 0.717) is 0 Å². The molecule has 0 heterocycles. The van der Waals surface area contributed by atoms with Gasteiger partial charge in [0.05, 0.1) is 5.56 Å². The molecule has 4 N–H and O–H groups in total. The Morgan fingerprint density at radius 3 is 2.09 bits per heavy atom. The molecular weight excluding hydrogens is 340 g/mol. The number of rotatable bonds is 3. The molecule has 0 atom stereocenters. The third-order valence-electron chi connectivity index (χ3n) is 2.70. The lowest BCUT2D eigenvalue weighted by Gasteiger charge is -2.12. The van der Waals surface area contributed by atoms with Crippen LogP contribution in [0, 0.1) is 6.07 Å². The minimum absolute atomic E-state index is 0.280. The maximum Gasteiger partial charge on any atom is 0.337 e. The Bertz CT molecular complexity index is 1000. The molecule has 0 aromatic heterocycles. The summed E-state index contributed by atoms with van der Waals surface area (Å²) in [6.07, 6.45) is 0. The van der Waals surface area contributed by atoms with Gasteiger partial charge in [-0.2, -0.15) is 16.8 Å². The minimum atomic E-state index is -5.36. The fourth-order valence-corrected chi connectivity index (χ4v) is 3.88. The van der Waals surface area contributed by atoms with Gasteiger partial charge in [0.15, 0.2) is 0 Å². The molecule has 0 amide bonds. The van der Waals surface area contributed by atoms with E-state index < -0.39 is 52.7 Å². The van der Waals surface area contributed by atoms with E-state index in [9.17, 15) is 26.7 Å². The number of benzene rings is 2. The van der Waals surface area contributed by atoms with Crippen LogP contribution in [0.3, 0.4) is 0 Å². The molecule has 117 valence electrons. The summed E-state index contributed by atoms with van der Waals surface area (Å²) >= 11 is 0. The highest BCUT2D eigenvalue weighted by molar-refractivity contribution is 7.89. The van der Waals surface area contributed by atoms with Gasteiger partial charge in [-0.3, -0.25) is 9.11 Å². The van der Waals surface area contributed by atoms with E-state index in [1.807, 2.05) is 6.07 Å². The van der Waals surface area contributed by atoms with Crippen LogP contribution in [0.2, 0.25) is 0 Å². The third kappa shape index (κ3) is 2.62. The maximum atomic E-state index is 11.4. The fraction of sp³-hybridized carbons (Fsp3) is 0. The smallest absolute Gasteiger partial charge is 0.337 e. The van der Waals surface area contributed by atoms with Crippen molar-refractivity contribution in [2.75, 3.05) is 0 Å². The summed E-state index contributed by atoms with van der Waals surface area (Å²) in [7, 11) is -10.6. The zero-order valence-electron chi connectivity index (χ0n) is 10.4. The SMILES string of the molecule is O=C(O)c1c(S(=O)(=O)O)c(S(=O)(=O)O)[c]c2cccc(O)c12. The second kappa shape index (κ2) is 4.91. The van der Waals surface area contributed by atoms with E-state index in [-0.39, 0.29) is 5.39 Å². The van der Waals surface area contributed by atoms with E-state index in [1.165, 1.54) is 6.07 Å². The van der Waals surface area contributed by atoms with E-state index in [0.717, 1.165) is 12.1 Å². The molecule has 1 radical (unpaired) electrons. The van der Waals surface area contributed by atoms with E-state index in [2.05, 4.69) is 0 Å². The Kier molecular flexibility index (Phi) is 3.61. The van der Waals surface area contributed by atoms with Crippen molar-refractivity contribution in [1.82, 2.24) is 0 Å². The summed E-state index contributed by atoms with van der Waals surface area (Å²) in [5.74, 6) is -2.60. The molecule has 22 heavy (non-hydrogen) atoms. The van der Waals surface area contributed by atoms with Crippen molar-refractivity contribution in [2.24, 2.45) is 0 Å². The van der Waals surface area contributed by atoms with E-state index >= 15 is 0 Å². The Morgan fingerprint density at radius 2 is 1.64 bits per heavy atom. The first-order chi connectivity index (χ1) is 9.94. The van der Waals surface area contributed by atoms with Crippen LogP contribution in [-0.4, -0.2) is 42.1 Å². The number of hydrogen-bond acceptors (Lipinski definition) is 6. The zero-order valence-corrected chi connectivity index (χ0v) is 12.0. The van der Waals surface area contributed by atoms with Crippen LogP contribution >= 0.6 is 0 Å². The normalized spacial score (nSPS) is 12.5. The molecule has 0 saturated heterocycles. The lowest BCUT2D eigenvalue weighted by Crippen LogP contribution is -2.15. The average Bonchev–Trinajstić information content (AvgIpc) is 2.34. The van der Waals surface area contributed by atoms with Gasteiger partial charge < -0.3 is 10.2 Å². The number of hydrogen-bond donors (Lipinski definition) is 4. The van der Waals surface area contributed by atoms with Crippen LogP contribution in [0.4, 0.5) is 0 Å². The van der Waals surface area contributed by atoms with Crippen molar-refractivity contribution >= 4 is 37.0 Å². The average molecular weight is 347 g/mol. The number of carboxylic acids is 1. The number of carbonyl (C=O) groups is 1. The molecule has 0 aliphatic rings. The van der Waals surface area contributed by atoms with E-state index in [4.69, 9.17) is 14.2 Å². The van der Waals surface area contributed by atoms with Gasteiger partial charge in [-0.25, -0.2) is 4.79 Å². The van der Waals surface area contributed by atoms with Gasteiger partial charge in [0.1, 0.15) is 15.5 Å². The summed E-state index contributed by atoms with van der Waals surface area (Å²) in [6, 6.07) is 5.37. The predicted molar refractivity (Wildman–Crippen MR) is 71.0 cm³/mol. The zero-order chi connectivity index (χ0) is 16.9. The van der Waals surface area contributed by atoms with Crippen molar-refractivity contribution in [2.45, 2.75) is 9.79 Å². The molecule has 2 rings (SSSR count). The van der Waals surface area contributed by atoms with Crippen molar-refractivity contribution in [1.29, 1.82) is 0 Å². The lowest BCUT2D eigenvalue weighted by molar-refractivity contribution is 0.0693. The van der Waals surface area contributed by atoms with E-state index in [1.54, 1.807) is 0 Å². The van der Waals surface area contributed by atoms with Crippen LogP contribution < -0.4 is 0 Å². The number of aromatic hydroxyl groups is 1. The quantitative estimate of drug-likeness (QED) is 0.579. The number of phenols is 1. The van der Waals surface area contributed by atoms with Crippen molar-refractivity contribution in [3.63, 3.8) is 0 Å². The summed E-state index contributed by atoms with van der Waals surface area (Å²) in [4.78, 5) is 8.34. The molecular formula is C11H7O9S2. The Labute approximate surface area is 123 Å². The highest BCUT2D eigenvalue weighted by Crippen LogP contribution is 2.36. The second-order valence-corrected chi connectivity index (χ2v) is 6.83.